The molecule has 0 radical (unpaired) electrons. The second-order valence-electron chi connectivity index (χ2n) is 5.51. The monoisotopic (exact) mass is 287 g/mol. The average molecular weight is 288 g/mol. The molecule has 0 unspecified atom stereocenters. The number of carbonyl (C=O) groups excluding carboxylic acids is 1. The van der Waals surface area contributed by atoms with Crippen LogP contribution in [0.3, 0.4) is 0 Å². The van der Waals surface area contributed by atoms with E-state index in [-0.39, 0.29) is 12.4 Å². The standard InChI is InChI=1S/C14H21NO3.ClH/c1-13(2,3)12(17)14(15,18-4)11-7-5-6-10(8-11)9-16;/h5-9,12,17H,15H2,1-4H3;1H/t12-,14-;/m1./s1. The number of aliphatic hydroxyl groups excluding tert-OH is 1. The van der Waals surface area contributed by atoms with Gasteiger partial charge in [0.1, 0.15) is 12.4 Å². The van der Waals surface area contributed by atoms with Crippen LogP contribution in [0.15, 0.2) is 24.3 Å². The van der Waals surface area contributed by atoms with E-state index in [2.05, 4.69) is 0 Å². The highest BCUT2D eigenvalue weighted by molar-refractivity contribution is 5.85. The largest absolute Gasteiger partial charge is 0.388 e. The van der Waals surface area contributed by atoms with Crippen LogP contribution in [0.25, 0.3) is 0 Å². The summed E-state index contributed by atoms with van der Waals surface area (Å²) in [6.45, 7) is 5.63. The van der Waals surface area contributed by atoms with Crippen LogP contribution < -0.4 is 5.73 Å². The molecule has 0 heterocycles. The van der Waals surface area contributed by atoms with Crippen LogP contribution in [0.5, 0.6) is 0 Å². The van der Waals surface area contributed by atoms with Crippen molar-refractivity contribution >= 4 is 18.7 Å². The third-order valence-electron chi connectivity index (χ3n) is 3.04. The van der Waals surface area contributed by atoms with Crippen LogP contribution in [0.1, 0.15) is 36.7 Å². The zero-order valence-electron chi connectivity index (χ0n) is 11.7. The lowest BCUT2D eigenvalue weighted by molar-refractivity contribution is -0.144. The number of carbonyl (C=O) groups is 1. The topological polar surface area (TPSA) is 72.5 Å². The quantitative estimate of drug-likeness (QED) is 0.657. The van der Waals surface area contributed by atoms with Gasteiger partial charge in [0.25, 0.3) is 0 Å². The lowest BCUT2D eigenvalue weighted by Gasteiger charge is -2.40. The van der Waals surface area contributed by atoms with Gasteiger partial charge in [0.15, 0.2) is 5.72 Å². The van der Waals surface area contributed by atoms with Gasteiger partial charge in [-0.05, 0) is 11.5 Å². The van der Waals surface area contributed by atoms with Crippen molar-refractivity contribution in [1.82, 2.24) is 0 Å². The van der Waals surface area contributed by atoms with E-state index in [0.29, 0.717) is 11.1 Å². The molecule has 0 bridgehead atoms. The molecular weight excluding hydrogens is 266 g/mol. The fraction of sp³-hybridized carbons (Fsp3) is 0.500. The number of aliphatic hydroxyl groups is 1. The highest BCUT2D eigenvalue weighted by Crippen LogP contribution is 2.34. The molecule has 0 spiro atoms. The lowest BCUT2D eigenvalue weighted by atomic mass is 9.80. The zero-order valence-corrected chi connectivity index (χ0v) is 12.5. The number of rotatable bonds is 4. The molecule has 5 heteroatoms. The summed E-state index contributed by atoms with van der Waals surface area (Å²) in [5, 5.41) is 10.4. The smallest absolute Gasteiger partial charge is 0.169 e. The number of methoxy groups -OCH3 is 1. The number of hydrogen-bond donors (Lipinski definition) is 2. The molecule has 0 aliphatic heterocycles. The van der Waals surface area contributed by atoms with E-state index >= 15 is 0 Å². The minimum Gasteiger partial charge on any atom is -0.388 e. The first-order chi connectivity index (χ1) is 8.25. The molecule has 4 nitrogen and oxygen atoms in total. The first kappa shape index (κ1) is 18.1. The van der Waals surface area contributed by atoms with E-state index in [1.54, 1.807) is 24.3 Å². The molecule has 0 fully saturated rings. The highest BCUT2D eigenvalue weighted by atomic mass is 35.5. The van der Waals surface area contributed by atoms with E-state index < -0.39 is 17.2 Å². The van der Waals surface area contributed by atoms with Crippen molar-refractivity contribution in [3.63, 3.8) is 0 Å². The van der Waals surface area contributed by atoms with Crippen molar-refractivity contribution in [2.24, 2.45) is 11.1 Å². The van der Waals surface area contributed by atoms with Gasteiger partial charge in [0, 0.05) is 18.2 Å². The Morgan fingerprint density at radius 3 is 2.37 bits per heavy atom. The fourth-order valence-electron chi connectivity index (χ4n) is 1.89. The third kappa shape index (κ3) is 3.76. The van der Waals surface area contributed by atoms with E-state index in [0.717, 1.165) is 6.29 Å². The molecular formula is C14H22ClNO3. The van der Waals surface area contributed by atoms with E-state index in [9.17, 15) is 9.90 Å². The Balaban J connectivity index is 0.00000324. The first-order valence-corrected chi connectivity index (χ1v) is 5.83. The molecule has 108 valence electrons. The lowest BCUT2D eigenvalue weighted by Crippen LogP contribution is -2.54. The molecule has 1 rings (SSSR count). The number of halogens is 1. The van der Waals surface area contributed by atoms with Crippen molar-refractivity contribution in [1.29, 1.82) is 0 Å². The maximum atomic E-state index is 10.8. The summed E-state index contributed by atoms with van der Waals surface area (Å²) in [6.07, 6.45) is -0.167. The summed E-state index contributed by atoms with van der Waals surface area (Å²) >= 11 is 0. The van der Waals surface area contributed by atoms with Crippen molar-refractivity contribution < 1.29 is 14.6 Å². The van der Waals surface area contributed by atoms with Gasteiger partial charge in [-0.1, -0.05) is 39.0 Å². The number of benzene rings is 1. The maximum Gasteiger partial charge on any atom is 0.169 e. The van der Waals surface area contributed by atoms with Gasteiger partial charge in [0.2, 0.25) is 0 Å². The summed E-state index contributed by atoms with van der Waals surface area (Å²) in [5.74, 6) is 0. The van der Waals surface area contributed by atoms with Gasteiger partial charge >= 0.3 is 0 Å². The fourth-order valence-corrected chi connectivity index (χ4v) is 1.89. The summed E-state index contributed by atoms with van der Waals surface area (Å²) in [6, 6.07) is 6.77. The summed E-state index contributed by atoms with van der Waals surface area (Å²) in [7, 11) is 1.45. The van der Waals surface area contributed by atoms with Gasteiger partial charge in [-0.25, -0.2) is 0 Å². The summed E-state index contributed by atoms with van der Waals surface area (Å²) in [5.41, 5.74) is 5.49. The second kappa shape index (κ2) is 6.48. The molecule has 0 aliphatic rings. The predicted molar refractivity (Wildman–Crippen MR) is 77.4 cm³/mol. The van der Waals surface area contributed by atoms with E-state index in [4.69, 9.17) is 10.5 Å². The molecule has 0 saturated heterocycles. The average Bonchev–Trinajstić information content (AvgIpc) is 2.36. The summed E-state index contributed by atoms with van der Waals surface area (Å²) in [4.78, 5) is 10.8. The Bertz CT molecular complexity index is 431. The molecule has 19 heavy (non-hydrogen) atoms. The number of hydrogen-bond acceptors (Lipinski definition) is 4. The molecule has 1 aromatic rings. The van der Waals surface area contributed by atoms with Crippen LogP contribution in [-0.4, -0.2) is 24.6 Å². The van der Waals surface area contributed by atoms with Gasteiger partial charge < -0.3 is 9.84 Å². The van der Waals surface area contributed by atoms with Gasteiger partial charge in [-0.3, -0.25) is 10.5 Å². The highest BCUT2D eigenvalue weighted by Gasteiger charge is 2.42. The minimum atomic E-state index is -1.34. The van der Waals surface area contributed by atoms with Crippen LogP contribution >= 0.6 is 12.4 Å². The Hall–Kier alpha value is -0.940. The van der Waals surface area contributed by atoms with Gasteiger partial charge in [-0.2, -0.15) is 0 Å². The molecule has 0 aromatic heterocycles. The van der Waals surface area contributed by atoms with Gasteiger partial charge in [0.05, 0.1) is 0 Å². The number of aldehydes is 1. The van der Waals surface area contributed by atoms with Crippen molar-refractivity contribution in [2.45, 2.75) is 32.6 Å². The third-order valence-corrected chi connectivity index (χ3v) is 3.04. The van der Waals surface area contributed by atoms with Crippen LogP contribution in [0.4, 0.5) is 0 Å². The molecule has 3 N–H and O–H groups in total. The van der Waals surface area contributed by atoms with E-state index in [1.807, 2.05) is 20.8 Å². The predicted octanol–water partition coefficient (Wildman–Crippen LogP) is 2.09. The van der Waals surface area contributed by atoms with Crippen LogP contribution in [0, 0.1) is 5.41 Å². The molecule has 0 aliphatic carbocycles. The molecule has 2 atom stereocenters. The molecule has 0 amide bonds. The zero-order chi connectivity index (χ0) is 14.0. The van der Waals surface area contributed by atoms with Crippen molar-refractivity contribution in [3.05, 3.63) is 35.4 Å². The van der Waals surface area contributed by atoms with E-state index in [1.165, 1.54) is 7.11 Å². The first-order valence-electron chi connectivity index (χ1n) is 5.83. The summed E-state index contributed by atoms with van der Waals surface area (Å²) < 4.78 is 5.32. The van der Waals surface area contributed by atoms with Gasteiger partial charge in [-0.15, -0.1) is 12.4 Å². The van der Waals surface area contributed by atoms with Crippen molar-refractivity contribution in [2.75, 3.05) is 7.11 Å². The van der Waals surface area contributed by atoms with Crippen LogP contribution in [-0.2, 0) is 10.5 Å². The van der Waals surface area contributed by atoms with Crippen LogP contribution in [0.2, 0.25) is 0 Å². The normalized spacial score (nSPS) is 16.1. The number of ether oxygens (including phenoxy) is 1. The second-order valence-corrected chi connectivity index (χ2v) is 5.51. The van der Waals surface area contributed by atoms with Crippen molar-refractivity contribution in [3.8, 4) is 0 Å². The number of nitrogens with two attached hydrogens (primary N) is 1. The molecule has 0 saturated carbocycles. The maximum absolute atomic E-state index is 10.8. The Labute approximate surface area is 120 Å². The Kier molecular flexibility index (Phi) is 6.16. The Morgan fingerprint density at radius 2 is 1.95 bits per heavy atom. The SMILES string of the molecule is CO[C@](N)(c1cccc(C=O)c1)[C@H](O)C(C)(C)C.Cl. The molecule has 1 aromatic carbocycles. The Morgan fingerprint density at radius 1 is 1.37 bits per heavy atom. The minimum absolute atomic E-state index is 0.